The molecule has 1 aromatic carbocycles. The lowest BCUT2D eigenvalue weighted by Crippen LogP contribution is -2.39. The Kier molecular flexibility index (Phi) is 2.65. The summed E-state index contributed by atoms with van der Waals surface area (Å²) in [5.41, 5.74) is -0.701. The van der Waals surface area contributed by atoms with Crippen LogP contribution in [-0.2, 0) is 14.3 Å². The second-order valence-electron chi connectivity index (χ2n) is 5.94. The van der Waals surface area contributed by atoms with E-state index in [1.807, 2.05) is 0 Å². The Morgan fingerprint density at radius 1 is 1.48 bits per heavy atom. The number of carboxylic acids is 1. The van der Waals surface area contributed by atoms with E-state index in [-0.39, 0.29) is 18.1 Å². The smallest absolute Gasteiger partial charge is 0.310 e. The van der Waals surface area contributed by atoms with Crippen LogP contribution in [0.4, 0.5) is 11.4 Å². The Balaban J connectivity index is 1.73. The van der Waals surface area contributed by atoms with Crippen molar-refractivity contribution in [1.29, 1.82) is 0 Å². The second kappa shape index (κ2) is 4.39. The van der Waals surface area contributed by atoms with Gasteiger partial charge in [-0.2, -0.15) is 0 Å². The van der Waals surface area contributed by atoms with Crippen LogP contribution in [0.25, 0.3) is 0 Å². The van der Waals surface area contributed by atoms with Crippen LogP contribution in [0.5, 0.6) is 0 Å². The van der Waals surface area contributed by atoms with Crippen molar-refractivity contribution >= 4 is 23.3 Å². The average Bonchev–Trinajstić information content (AvgIpc) is 3.15. The van der Waals surface area contributed by atoms with Crippen molar-refractivity contribution in [3.8, 4) is 0 Å². The first-order valence-electron chi connectivity index (χ1n) is 7.09. The molecule has 2 saturated heterocycles. The number of carbonyl (C=O) groups is 2. The van der Waals surface area contributed by atoms with Gasteiger partial charge in [-0.05, 0) is 6.07 Å². The zero-order valence-electron chi connectivity index (χ0n) is 11.8. The molecule has 3 aliphatic heterocycles. The molecule has 0 unspecified atom stereocenters. The fourth-order valence-electron chi connectivity index (χ4n) is 3.77. The van der Waals surface area contributed by atoms with Gasteiger partial charge >= 0.3 is 5.97 Å². The summed E-state index contributed by atoms with van der Waals surface area (Å²) in [6.07, 6.45) is 2.84. The summed E-state index contributed by atoms with van der Waals surface area (Å²) in [5.74, 6) is -3.16. The number of nitrogens with zero attached hydrogens (tertiary/aromatic N) is 2. The van der Waals surface area contributed by atoms with Gasteiger partial charge in [0.2, 0.25) is 5.91 Å². The van der Waals surface area contributed by atoms with E-state index < -0.39 is 34.4 Å². The Labute approximate surface area is 130 Å². The largest absolute Gasteiger partial charge is 0.481 e. The summed E-state index contributed by atoms with van der Waals surface area (Å²) in [6, 6.07) is 5.73. The minimum absolute atomic E-state index is 0.125. The SMILES string of the molecule is O=C(O)[C@H]1[C@@H]2C=C[C@@]3(CN(c4cccc([N+](=O)[O-])c4)C(=O)[C@H]13)O2. The summed E-state index contributed by atoms with van der Waals surface area (Å²) in [7, 11) is 0. The van der Waals surface area contributed by atoms with Gasteiger partial charge in [-0.1, -0.05) is 18.2 Å². The van der Waals surface area contributed by atoms with Crippen molar-refractivity contribution < 1.29 is 24.4 Å². The fourth-order valence-corrected chi connectivity index (χ4v) is 3.77. The highest BCUT2D eigenvalue weighted by Gasteiger charge is 2.67. The van der Waals surface area contributed by atoms with Gasteiger partial charge in [0, 0.05) is 12.1 Å². The standard InChI is InChI=1S/C15H12N2O6/c18-13-12-11(14(19)20)10-4-5-15(12,23-10)7-16(13)8-2-1-3-9(6-8)17(21)22/h1-6,10-12H,7H2,(H,19,20)/t10-,11-,12-,15-/m0/s1. The number of fused-ring (bicyclic) bond motifs is 1. The van der Waals surface area contributed by atoms with Crippen LogP contribution in [0.15, 0.2) is 36.4 Å². The molecule has 4 atom stereocenters. The van der Waals surface area contributed by atoms with E-state index in [1.54, 1.807) is 18.2 Å². The predicted molar refractivity (Wildman–Crippen MR) is 76.8 cm³/mol. The van der Waals surface area contributed by atoms with Crippen LogP contribution in [0.1, 0.15) is 0 Å². The quantitative estimate of drug-likeness (QED) is 0.505. The number of rotatable bonds is 3. The summed E-state index contributed by atoms with van der Waals surface area (Å²) in [5, 5.41) is 20.3. The minimum atomic E-state index is -1.07. The average molecular weight is 316 g/mol. The highest BCUT2D eigenvalue weighted by atomic mass is 16.6. The maximum atomic E-state index is 12.7. The number of nitro groups is 1. The predicted octanol–water partition coefficient (Wildman–Crippen LogP) is 0.966. The zero-order valence-corrected chi connectivity index (χ0v) is 11.8. The van der Waals surface area contributed by atoms with E-state index in [2.05, 4.69) is 0 Å². The summed E-state index contributed by atoms with van der Waals surface area (Å²) < 4.78 is 5.77. The molecule has 3 aliphatic rings. The molecule has 0 aromatic heterocycles. The van der Waals surface area contributed by atoms with E-state index >= 15 is 0 Å². The lowest BCUT2D eigenvalue weighted by Gasteiger charge is -2.21. The molecule has 8 heteroatoms. The van der Waals surface area contributed by atoms with Crippen molar-refractivity contribution in [3.05, 3.63) is 46.5 Å². The number of hydrogen-bond acceptors (Lipinski definition) is 5. The van der Waals surface area contributed by atoms with Crippen LogP contribution >= 0.6 is 0 Å². The third-order valence-corrected chi connectivity index (χ3v) is 4.74. The van der Waals surface area contributed by atoms with Gasteiger partial charge in [0.05, 0.1) is 29.2 Å². The van der Waals surface area contributed by atoms with Gasteiger partial charge in [0.1, 0.15) is 11.5 Å². The first kappa shape index (κ1) is 13.9. The normalized spacial score (nSPS) is 34.0. The zero-order chi connectivity index (χ0) is 16.4. The van der Waals surface area contributed by atoms with Crippen LogP contribution in [-0.4, -0.2) is 40.2 Å². The monoisotopic (exact) mass is 316 g/mol. The molecule has 1 aromatic rings. The van der Waals surface area contributed by atoms with Crippen molar-refractivity contribution in [3.63, 3.8) is 0 Å². The maximum Gasteiger partial charge on any atom is 0.310 e. The number of nitro benzene ring substituents is 1. The third-order valence-electron chi connectivity index (χ3n) is 4.74. The van der Waals surface area contributed by atoms with Crippen LogP contribution in [0.3, 0.4) is 0 Å². The molecule has 0 saturated carbocycles. The number of ether oxygens (including phenoxy) is 1. The number of carboxylic acid groups (broad SMARTS) is 1. The topological polar surface area (TPSA) is 110 Å². The molecule has 4 rings (SSSR count). The van der Waals surface area contributed by atoms with Crippen LogP contribution < -0.4 is 4.90 Å². The Morgan fingerprint density at radius 3 is 2.96 bits per heavy atom. The van der Waals surface area contributed by atoms with Gasteiger partial charge in [-0.15, -0.1) is 0 Å². The molecular formula is C15H12N2O6. The second-order valence-corrected chi connectivity index (χ2v) is 5.94. The Bertz CT molecular complexity index is 775. The Morgan fingerprint density at radius 2 is 2.26 bits per heavy atom. The summed E-state index contributed by atoms with van der Waals surface area (Å²) in [6.45, 7) is 0.161. The highest BCUT2D eigenvalue weighted by Crippen LogP contribution is 2.52. The van der Waals surface area contributed by atoms with Crippen molar-refractivity contribution in [2.24, 2.45) is 11.8 Å². The minimum Gasteiger partial charge on any atom is -0.481 e. The van der Waals surface area contributed by atoms with Gasteiger partial charge in [0.25, 0.3) is 5.69 Å². The molecule has 1 N–H and O–H groups in total. The summed E-state index contributed by atoms with van der Waals surface area (Å²) in [4.78, 5) is 36.0. The van der Waals surface area contributed by atoms with E-state index in [0.29, 0.717) is 5.69 Å². The molecule has 1 spiro atoms. The van der Waals surface area contributed by atoms with Gasteiger partial charge in [-0.3, -0.25) is 19.7 Å². The van der Waals surface area contributed by atoms with Crippen LogP contribution in [0, 0.1) is 22.0 Å². The lowest BCUT2D eigenvalue weighted by atomic mass is 9.77. The number of anilines is 1. The number of hydrogen-bond donors (Lipinski definition) is 1. The third kappa shape index (κ3) is 1.75. The molecule has 2 fully saturated rings. The molecule has 118 valence electrons. The van der Waals surface area contributed by atoms with E-state index in [4.69, 9.17) is 4.74 Å². The maximum absolute atomic E-state index is 12.7. The number of carbonyl (C=O) groups excluding carboxylic acids is 1. The van der Waals surface area contributed by atoms with Crippen molar-refractivity contribution in [2.45, 2.75) is 11.7 Å². The highest BCUT2D eigenvalue weighted by molar-refractivity contribution is 6.02. The number of benzene rings is 1. The Hall–Kier alpha value is -2.74. The van der Waals surface area contributed by atoms with E-state index in [0.717, 1.165) is 0 Å². The molecule has 3 heterocycles. The number of amides is 1. The molecule has 2 bridgehead atoms. The van der Waals surface area contributed by atoms with Gasteiger partial charge in [-0.25, -0.2) is 0 Å². The van der Waals surface area contributed by atoms with E-state index in [1.165, 1.54) is 23.1 Å². The lowest BCUT2D eigenvalue weighted by molar-refractivity contribution is -0.384. The van der Waals surface area contributed by atoms with E-state index in [9.17, 15) is 24.8 Å². The molecule has 1 amide bonds. The molecular weight excluding hydrogens is 304 g/mol. The molecule has 23 heavy (non-hydrogen) atoms. The fraction of sp³-hybridized carbons (Fsp3) is 0.333. The van der Waals surface area contributed by atoms with Crippen LogP contribution in [0.2, 0.25) is 0 Å². The van der Waals surface area contributed by atoms with Crippen molar-refractivity contribution in [1.82, 2.24) is 0 Å². The molecule has 8 nitrogen and oxygen atoms in total. The molecule has 0 radical (unpaired) electrons. The summed E-state index contributed by atoms with van der Waals surface area (Å²) >= 11 is 0. The van der Waals surface area contributed by atoms with Crippen molar-refractivity contribution in [2.75, 3.05) is 11.4 Å². The van der Waals surface area contributed by atoms with Gasteiger partial charge in [0.15, 0.2) is 0 Å². The molecule has 0 aliphatic carbocycles. The van der Waals surface area contributed by atoms with Gasteiger partial charge < -0.3 is 14.7 Å². The first-order chi connectivity index (χ1) is 10.9. The first-order valence-corrected chi connectivity index (χ1v) is 7.09. The number of non-ortho nitro benzene ring substituents is 1. The number of aliphatic carboxylic acids is 1.